The summed E-state index contributed by atoms with van der Waals surface area (Å²) in [5.74, 6) is 0.717. The average Bonchev–Trinajstić information content (AvgIpc) is 2.63. The molecule has 0 bridgehead atoms. The lowest BCUT2D eigenvalue weighted by Gasteiger charge is -2.22. The number of amides is 1. The molecule has 1 amide bonds. The van der Waals surface area contributed by atoms with Gasteiger partial charge in [0.25, 0.3) is 0 Å². The van der Waals surface area contributed by atoms with Crippen molar-refractivity contribution in [2.24, 2.45) is 5.92 Å². The van der Waals surface area contributed by atoms with Crippen LogP contribution in [0.3, 0.4) is 0 Å². The Labute approximate surface area is 159 Å². The van der Waals surface area contributed by atoms with Crippen LogP contribution in [0.25, 0.3) is 0 Å². The zero-order chi connectivity index (χ0) is 18.9. The van der Waals surface area contributed by atoms with E-state index < -0.39 is 0 Å². The number of rotatable bonds is 9. The number of hydrogen-bond donors (Lipinski definition) is 1. The van der Waals surface area contributed by atoms with E-state index in [0.29, 0.717) is 5.92 Å². The van der Waals surface area contributed by atoms with Crippen molar-refractivity contribution in [2.75, 3.05) is 0 Å². The lowest BCUT2D eigenvalue weighted by molar-refractivity contribution is -0.123. The summed E-state index contributed by atoms with van der Waals surface area (Å²) in [6.45, 7) is 8.68. The fraction of sp³-hybridized carbons (Fsp3) is 0.458. The molecule has 1 N–H and O–H groups in total. The highest BCUT2D eigenvalue weighted by Crippen LogP contribution is 2.22. The standard InChI is InChI=1S/C24H33NO/c1-5-22(17-19-10-8-7-9-11-19)25-24(26)23(6-2)21-14-12-20(13-15-21)16-18(3)4/h7-15,18,22-23H,5-6,16-17H2,1-4H3,(H,25,26)/t22-,23+/m0/s1. The Morgan fingerprint density at radius 1 is 0.846 bits per heavy atom. The zero-order valence-electron chi connectivity index (χ0n) is 16.7. The van der Waals surface area contributed by atoms with Gasteiger partial charge in [-0.05, 0) is 48.3 Å². The molecule has 2 atom stereocenters. The monoisotopic (exact) mass is 351 g/mol. The SMILES string of the molecule is CC[C@@H](Cc1ccccc1)NC(=O)[C@H](CC)c1ccc(CC(C)C)cc1. The lowest BCUT2D eigenvalue weighted by Crippen LogP contribution is -2.39. The summed E-state index contributed by atoms with van der Waals surface area (Å²) in [6.07, 6.45) is 3.71. The number of carbonyl (C=O) groups excluding carboxylic acids is 1. The van der Waals surface area contributed by atoms with Crippen molar-refractivity contribution >= 4 is 5.91 Å². The van der Waals surface area contributed by atoms with Crippen molar-refractivity contribution in [3.8, 4) is 0 Å². The van der Waals surface area contributed by atoms with Crippen LogP contribution in [-0.4, -0.2) is 11.9 Å². The summed E-state index contributed by atoms with van der Waals surface area (Å²) in [5.41, 5.74) is 3.73. The molecule has 26 heavy (non-hydrogen) atoms. The summed E-state index contributed by atoms with van der Waals surface area (Å²) < 4.78 is 0. The molecule has 0 spiro atoms. The van der Waals surface area contributed by atoms with Crippen molar-refractivity contribution in [1.29, 1.82) is 0 Å². The minimum Gasteiger partial charge on any atom is -0.353 e. The Bertz CT molecular complexity index is 660. The second-order valence-electron chi connectivity index (χ2n) is 7.60. The maximum absolute atomic E-state index is 12.9. The molecule has 0 fully saturated rings. The molecule has 2 heteroatoms. The first-order valence-corrected chi connectivity index (χ1v) is 9.96. The molecule has 0 saturated heterocycles. The summed E-state index contributed by atoms with van der Waals surface area (Å²) in [7, 11) is 0. The quantitative estimate of drug-likeness (QED) is 0.633. The smallest absolute Gasteiger partial charge is 0.227 e. The molecule has 0 heterocycles. The van der Waals surface area contributed by atoms with Gasteiger partial charge in [0, 0.05) is 6.04 Å². The normalized spacial score (nSPS) is 13.4. The van der Waals surface area contributed by atoms with Gasteiger partial charge in [-0.3, -0.25) is 4.79 Å². The third-order valence-corrected chi connectivity index (χ3v) is 4.91. The third-order valence-electron chi connectivity index (χ3n) is 4.91. The Morgan fingerprint density at radius 2 is 1.46 bits per heavy atom. The predicted molar refractivity (Wildman–Crippen MR) is 110 cm³/mol. The van der Waals surface area contributed by atoms with Crippen LogP contribution in [0.2, 0.25) is 0 Å². The summed E-state index contributed by atoms with van der Waals surface area (Å²) in [4.78, 5) is 12.9. The van der Waals surface area contributed by atoms with Crippen LogP contribution in [0.15, 0.2) is 54.6 Å². The van der Waals surface area contributed by atoms with Gasteiger partial charge in [-0.15, -0.1) is 0 Å². The first-order valence-electron chi connectivity index (χ1n) is 9.96. The number of benzene rings is 2. The van der Waals surface area contributed by atoms with Gasteiger partial charge in [0.2, 0.25) is 5.91 Å². The summed E-state index contributed by atoms with van der Waals surface area (Å²) >= 11 is 0. The number of carbonyl (C=O) groups is 1. The molecule has 0 aliphatic heterocycles. The molecule has 140 valence electrons. The van der Waals surface area contributed by atoms with E-state index in [1.807, 2.05) is 6.07 Å². The van der Waals surface area contributed by atoms with Crippen LogP contribution < -0.4 is 5.32 Å². The fourth-order valence-electron chi connectivity index (χ4n) is 3.43. The molecular weight excluding hydrogens is 318 g/mol. The topological polar surface area (TPSA) is 29.1 Å². The van der Waals surface area contributed by atoms with Gasteiger partial charge in [-0.2, -0.15) is 0 Å². The Balaban J connectivity index is 2.02. The first-order chi connectivity index (χ1) is 12.5. The molecule has 2 aromatic rings. The van der Waals surface area contributed by atoms with E-state index in [1.165, 1.54) is 11.1 Å². The second-order valence-corrected chi connectivity index (χ2v) is 7.60. The van der Waals surface area contributed by atoms with Crippen LogP contribution in [0.1, 0.15) is 63.1 Å². The van der Waals surface area contributed by atoms with E-state index in [1.54, 1.807) is 0 Å². The van der Waals surface area contributed by atoms with Crippen LogP contribution in [-0.2, 0) is 17.6 Å². The second kappa shape index (κ2) is 10.2. The Hall–Kier alpha value is -2.09. The third kappa shape index (κ3) is 6.01. The molecule has 0 aromatic heterocycles. The van der Waals surface area contributed by atoms with Crippen molar-refractivity contribution < 1.29 is 4.79 Å². The average molecular weight is 352 g/mol. The lowest BCUT2D eigenvalue weighted by atomic mass is 9.92. The van der Waals surface area contributed by atoms with Gasteiger partial charge in [0.05, 0.1) is 5.92 Å². The maximum Gasteiger partial charge on any atom is 0.227 e. The molecule has 0 unspecified atom stereocenters. The molecule has 2 aromatic carbocycles. The Morgan fingerprint density at radius 3 is 2.00 bits per heavy atom. The van der Waals surface area contributed by atoms with Gasteiger partial charge in [-0.25, -0.2) is 0 Å². The minimum atomic E-state index is -0.0760. The maximum atomic E-state index is 12.9. The van der Waals surface area contributed by atoms with Crippen molar-refractivity contribution in [1.82, 2.24) is 5.32 Å². The van der Waals surface area contributed by atoms with Gasteiger partial charge < -0.3 is 5.32 Å². The first kappa shape index (κ1) is 20.2. The van der Waals surface area contributed by atoms with E-state index in [9.17, 15) is 4.79 Å². The van der Waals surface area contributed by atoms with Crippen LogP contribution in [0, 0.1) is 5.92 Å². The zero-order valence-corrected chi connectivity index (χ0v) is 16.7. The van der Waals surface area contributed by atoms with Crippen molar-refractivity contribution in [3.05, 3.63) is 71.3 Å². The molecule has 0 saturated carbocycles. The van der Waals surface area contributed by atoms with Crippen molar-refractivity contribution in [2.45, 2.75) is 65.3 Å². The fourth-order valence-corrected chi connectivity index (χ4v) is 3.43. The van der Waals surface area contributed by atoms with Gasteiger partial charge >= 0.3 is 0 Å². The predicted octanol–water partition coefficient (Wildman–Crippen LogP) is 5.52. The largest absolute Gasteiger partial charge is 0.353 e. The summed E-state index contributed by atoms with van der Waals surface area (Å²) in [5, 5.41) is 3.27. The van der Waals surface area contributed by atoms with Crippen LogP contribution in [0.5, 0.6) is 0 Å². The molecule has 0 aliphatic rings. The van der Waals surface area contributed by atoms with E-state index in [-0.39, 0.29) is 17.9 Å². The molecular formula is C24H33NO. The van der Waals surface area contributed by atoms with E-state index in [2.05, 4.69) is 81.5 Å². The van der Waals surface area contributed by atoms with E-state index >= 15 is 0 Å². The summed E-state index contributed by atoms with van der Waals surface area (Å²) in [6, 6.07) is 19.2. The van der Waals surface area contributed by atoms with Crippen LogP contribution in [0.4, 0.5) is 0 Å². The van der Waals surface area contributed by atoms with Crippen LogP contribution >= 0.6 is 0 Å². The molecule has 0 radical (unpaired) electrons. The highest BCUT2D eigenvalue weighted by atomic mass is 16.1. The minimum absolute atomic E-state index is 0.0760. The van der Waals surface area contributed by atoms with Gasteiger partial charge in [0.15, 0.2) is 0 Å². The highest BCUT2D eigenvalue weighted by Gasteiger charge is 2.21. The molecule has 2 rings (SSSR count). The van der Waals surface area contributed by atoms with Gasteiger partial charge in [0.1, 0.15) is 0 Å². The number of hydrogen-bond acceptors (Lipinski definition) is 1. The molecule has 2 nitrogen and oxygen atoms in total. The van der Waals surface area contributed by atoms with Crippen molar-refractivity contribution in [3.63, 3.8) is 0 Å². The number of nitrogens with one attached hydrogen (secondary N) is 1. The van der Waals surface area contributed by atoms with E-state index in [0.717, 1.165) is 31.2 Å². The van der Waals surface area contributed by atoms with Gasteiger partial charge in [-0.1, -0.05) is 82.3 Å². The molecule has 0 aliphatic carbocycles. The Kier molecular flexibility index (Phi) is 7.90. The van der Waals surface area contributed by atoms with E-state index in [4.69, 9.17) is 0 Å². The highest BCUT2D eigenvalue weighted by molar-refractivity contribution is 5.83.